The van der Waals surface area contributed by atoms with Gasteiger partial charge in [0.2, 0.25) is 0 Å². The predicted molar refractivity (Wildman–Crippen MR) is 89.0 cm³/mol. The van der Waals surface area contributed by atoms with E-state index in [-0.39, 0.29) is 12.5 Å². The third kappa shape index (κ3) is 3.50. The van der Waals surface area contributed by atoms with E-state index in [0.29, 0.717) is 22.6 Å². The van der Waals surface area contributed by atoms with Gasteiger partial charge >= 0.3 is 0 Å². The Kier molecular flexibility index (Phi) is 4.39. The van der Waals surface area contributed by atoms with Crippen molar-refractivity contribution in [2.45, 2.75) is 13.5 Å². The van der Waals surface area contributed by atoms with Crippen molar-refractivity contribution in [2.75, 3.05) is 0 Å². The Morgan fingerprint density at radius 3 is 2.54 bits per heavy atom. The van der Waals surface area contributed by atoms with Crippen molar-refractivity contribution in [3.8, 4) is 17.4 Å². The molecule has 5 nitrogen and oxygen atoms in total. The number of aryl methyl sites for hydroxylation is 1. The minimum atomic E-state index is -0.223. The molecule has 3 aromatic rings. The topological polar surface area (TPSA) is 78.9 Å². The van der Waals surface area contributed by atoms with Gasteiger partial charge in [0.05, 0.1) is 18.2 Å². The number of amides is 1. The Bertz CT molecular complexity index is 888. The molecule has 0 radical (unpaired) electrons. The van der Waals surface area contributed by atoms with Crippen molar-refractivity contribution < 1.29 is 9.32 Å². The third-order valence-corrected chi connectivity index (χ3v) is 3.60. The largest absolute Gasteiger partial charge is 0.356 e. The molecule has 118 valence electrons. The van der Waals surface area contributed by atoms with Gasteiger partial charge in [0.25, 0.3) is 5.91 Å². The van der Waals surface area contributed by atoms with Crippen molar-refractivity contribution in [2.24, 2.45) is 0 Å². The standard InChI is InChI=1S/C19H15N3O2/c1-13-2-6-15(7-3-13)18-10-17(22-24-18)12-21-19(23)16-8-4-14(11-20)5-9-16/h2-10H,12H2,1H3,(H,21,23). The molecule has 24 heavy (non-hydrogen) atoms. The predicted octanol–water partition coefficient (Wildman–Crippen LogP) is 3.45. The molecule has 0 unspecified atom stereocenters. The molecular weight excluding hydrogens is 302 g/mol. The molecule has 0 spiro atoms. The summed E-state index contributed by atoms with van der Waals surface area (Å²) in [5, 5.41) is 15.5. The smallest absolute Gasteiger partial charge is 0.251 e. The van der Waals surface area contributed by atoms with Gasteiger partial charge in [-0.25, -0.2) is 0 Å². The first-order chi connectivity index (χ1) is 11.7. The lowest BCUT2D eigenvalue weighted by atomic mass is 10.1. The van der Waals surface area contributed by atoms with Crippen LogP contribution in [0.4, 0.5) is 0 Å². The second-order valence-electron chi connectivity index (χ2n) is 5.42. The molecule has 0 aliphatic rings. The number of nitriles is 1. The van der Waals surface area contributed by atoms with Gasteiger partial charge in [-0.2, -0.15) is 5.26 Å². The number of hydrogen-bond donors (Lipinski definition) is 1. The molecule has 0 aliphatic heterocycles. The molecule has 2 aromatic carbocycles. The molecule has 0 saturated heterocycles. The summed E-state index contributed by atoms with van der Waals surface area (Å²) in [6, 6.07) is 18.2. The minimum absolute atomic E-state index is 0.223. The molecule has 1 amide bonds. The third-order valence-electron chi connectivity index (χ3n) is 3.60. The summed E-state index contributed by atoms with van der Waals surface area (Å²) in [5.41, 5.74) is 3.78. The second-order valence-corrected chi connectivity index (χ2v) is 5.42. The zero-order chi connectivity index (χ0) is 16.9. The van der Waals surface area contributed by atoms with E-state index in [9.17, 15) is 4.79 Å². The fourth-order valence-electron chi connectivity index (χ4n) is 2.22. The first-order valence-electron chi connectivity index (χ1n) is 7.47. The molecule has 1 N–H and O–H groups in total. The van der Waals surface area contributed by atoms with Crippen LogP contribution < -0.4 is 5.32 Å². The van der Waals surface area contributed by atoms with Crippen LogP contribution >= 0.6 is 0 Å². The highest BCUT2D eigenvalue weighted by Crippen LogP contribution is 2.20. The maximum absolute atomic E-state index is 12.1. The van der Waals surface area contributed by atoms with E-state index in [2.05, 4.69) is 10.5 Å². The van der Waals surface area contributed by atoms with Crippen LogP contribution in [0.5, 0.6) is 0 Å². The summed E-state index contributed by atoms with van der Waals surface area (Å²) < 4.78 is 5.32. The average molecular weight is 317 g/mol. The van der Waals surface area contributed by atoms with E-state index in [4.69, 9.17) is 9.78 Å². The Morgan fingerprint density at radius 1 is 1.17 bits per heavy atom. The lowest BCUT2D eigenvalue weighted by molar-refractivity contribution is 0.0950. The first kappa shape index (κ1) is 15.5. The van der Waals surface area contributed by atoms with Crippen molar-refractivity contribution in [1.29, 1.82) is 5.26 Å². The van der Waals surface area contributed by atoms with Crippen molar-refractivity contribution in [1.82, 2.24) is 10.5 Å². The van der Waals surface area contributed by atoms with Gasteiger partial charge in [-0.3, -0.25) is 4.79 Å². The van der Waals surface area contributed by atoms with Crippen LogP contribution in [0.1, 0.15) is 27.2 Å². The molecule has 1 heterocycles. The fraction of sp³-hybridized carbons (Fsp3) is 0.105. The lowest BCUT2D eigenvalue weighted by Gasteiger charge is -2.02. The second kappa shape index (κ2) is 6.80. The number of carbonyl (C=O) groups is 1. The molecule has 5 heteroatoms. The monoisotopic (exact) mass is 317 g/mol. The zero-order valence-electron chi connectivity index (χ0n) is 13.1. The number of rotatable bonds is 4. The quantitative estimate of drug-likeness (QED) is 0.799. The maximum Gasteiger partial charge on any atom is 0.251 e. The van der Waals surface area contributed by atoms with Gasteiger partial charge < -0.3 is 9.84 Å². The molecular formula is C19H15N3O2. The van der Waals surface area contributed by atoms with Crippen LogP contribution in [0.3, 0.4) is 0 Å². The van der Waals surface area contributed by atoms with Gasteiger partial charge in [0.1, 0.15) is 5.69 Å². The average Bonchev–Trinajstić information content (AvgIpc) is 3.09. The highest BCUT2D eigenvalue weighted by molar-refractivity contribution is 5.94. The highest BCUT2D eigenvalue weighted by atomic mass is 16.5. The minimum Gasteiger partial charge on any atom is -0.356 e. The maximum atomic E-state index is 12.1. The van der Waals surface area contributed by atoms with Gasteiger partial charge in [-0.05, 0) is 31.2 Å². The van der Waals surface area contributed by atoms with Gasteiger partial charge in [0.15, 0.2) is 5.76 Å². The number of nitrogens with zero attached hydrogens (tertiary/aromatic N) is 2. The SMILES string of the molecule is Cc1ccc(-c2cc(CNC(=O)c3ccc(C#N)cc3)no2)cc1. The Labute approximate surface area is 139 Å². The molecule has 0 bridgehead atoms. The summed E-state index contributed by atoms with van der Waals surface area (Å²) in [6.45, 7) is 2.29. The number of aromatic nitrogens is 1. The van der Waals surface area contributed by atoms with Crippen LogP contribution in [0.15, 0.2) is 59.1 Å². The van der Waals surface area contributed by atoms with Crippen LogP contribution in [0.25, 0.3) is 11.3 Å². The van der Waals surface area contributed by atoms with Crippen molar-refractivity contribution in [3.63, 3.8) is 0 Å². The van der Waals surface area contributed by atoms with E-state index in [1.807, 2.05) is 43.3 Å². The van der Waals surface area contributed by atoms with E-state index < -0.39 is 0 Å². The Morgan fingerprint density at radius 2 is 1.88 bits per heavy atom. The first-order valence-corrected chi connectivity index (χ1v) is 7.47. The number of carbonyl (C=O) groups excluding carboxylic acids is 1. The zero-order valence-corrected chi connectivity index (χ0v) is 13.1. The molecule has 0 aliphatic carbocycles. The summed E-state index contributed by atoms with van der Waals surface area (Å²) in [4.78, 5) is 12.1. The number of hydrogen-bond acceptors (Lipinski definition) is 4. The normalized spacial score (nSPS) is 10.2. The highest BCUT2D eigenvalue weighted by Gasteiger charge is 2.09. The molecule has 0 fully saturated rings. The number of benzene rings is 2. The van der Waals surface area contributed by atoms with E-state index in [1.165, 1.54) is 5.56 Å². The van der Waals surface area contributed by atoms with E-state index in [0.717, 1.165) is 5.56 Å². The van der Waals surface area contributed by atoms with Gasteiger partial charge in [0, 0.05) is 17.2 Å². The summed E-state index contributed by atoms with van der Waals surface area (Å²) in [7, 11) is 0. The fourth-order valence-corrected chi connectivity index (χ4v) is 2.22. The van der Waals surface area contributed by atoms with E-state index >= 15 is 0 Å². The summed E-state index contributed by atoms with van der Waals surface area (Å²) >= 11 is 0. The summed E-state index contributed by atoms with van der Waals surface area (Å²) in [6.07, 6.45) is 0. The molecule has 0 saturated carbocycles. The molecule has 0 atom stereocenters. The molecule has 1 aromatic heterocycles. The Balaban J connectivity index is 1.63. The Hall–Kier alpha value is -3.39. The van der Waals surface area contributed by atoms with Crippen LogP contribution in [-0.4, -0.2) is 11.1 Å². The van der Waals surface area contributed by atoms with E-state index in [1.54, 1.807) is 24.3 Å². The molecule has 3 rings (SSSR count). The van der Waals surface area contributed by atoms with Crippen molar-refractivity contribution >= 4 is 5.91 Å². The van der Waals surface area contributed by atoms with Crippen LogP contribution in [0, 0.1) is 18.3 Å². The summed E-state index contributed by atoms with van der Waals surface area (Å²) in [5.74, 6) is 0.442. The number of nitrogens with one attached hydrogen (secondary N) is 1. The van der Waals surface area contributed by atoms with Gasteiger partial charge in [-0.1, -0.05) is 35.0 Å². The van der Waals surface area contributed by atoms with Crippen molar-refractivity contribution in [3.05, 3.63) is 77.0 Å². The van der Waals surface area contributed by atoms with Gasteiger partial charge in [-0.15, -0.1) is 0 Å². The van der Waals surface area contributed by atoms with Crippen LogP contribution in [0.2, 0.25) is 0 Å². The lowest BCUT2D eigenvalue weighted by Crippen LogP contribution is -2.22. The van der Waals surface area contributed by atoms with Crippen LogP contribution in [-0.2, 0) is 6.54 Å².